The molecular weight excluding hydrogens is 342 g/mol. The number of amides is 3. The number of carbonyl (C=O) groups is 2. The molecule has 0 fully saturated rings. The highest BCUT2D eigenvalue weighted by Crippen LogP contribution is 2.29. The summed E-state index contributed by atoms with van der Waals surface area (Å²) in [5.41, 5.74) is 2.00. The molecule has 6 nitrogen and oxygen atoms in total. The molecule has 1 aliphatic rings. The monoisotopic (exact) mass is 357 g/mol. The Bertz CT molecular complexity index is 862. The minimum absolute atomic E-state index is 0.0559. The van der Waals surface area contributed by atoms with Crippen molar-refractivity contribution in [2.45, 2.75) is 13.0 Å². The SMILES string of the molecule is CC1=C(C(=O)Nc2ccc(Cl)cc2)[C@@H](c2cccc(O)c2)NC(=O)N1. The second kappa shape index (κ2) is 6.86. The van der Waals surface area contributed by atoms with E-state index < -0.39 is 12.1 Å². The first kappa shape index (κ1) is 16.9. The van der Waals surface area contributed by atoms with Crippen LogP contribution in [0.4, 0.5) is 10.5 Å². The van der Waals surface area contributed by atoms with Crippen LogP contribution in [0.5, 0.6) is 5.75 Å². The van der Waals surface area contributed by atoms with Crippen LogP contribution in [-0.4, -0.2) is 17.0 Å². The van der Waals surface area contributed by atoms with Gasteiger partial charge in [0.05, 0.1) is 11.6 Å². The molecule has 0 saturated heterocycles. The molecule has 1 heterocycles. The molecule has 0 saturated carbocycles. The highest BCUT2D eigenvalue weighted by Gasteiger charge is 2.31. The molecule has 4 N–H and O–H groups in total. The van der Waals surface area contributed by atoms with Crippen molar-refractivity contribution in [2.75, 3.05) is 5.32 Å². The van der Waals surface area contributed by atoms with Crippen molar-refractivity contribution in [3.8, 4) is 5.75 Å². The van der Waals surface area contributed by atoms with Gasteiger partial charge in [0, 0.05) is 16.4 Å². The van der Waals surface area contributed by atoms with Gasteiger partial charge in [-0.1, -0.05) is 23.7 Å². The largest absolute Gasteiger partial charge is 0.508 e. The Kier molecular flexibility index (Phi) is 4.63. The minimum Gasteiger partial charge on any atom is -0.508 e. The zero-order valence-corrected chi connectivity index (χ0v) is 14.1. The van der Waals surface area contributed by atoms with Crippen LogP contribution in [0.2, 0.25) is 5.02 Å². The number of carbonyl (C=O) groups excluding carboxylic acids is 2. The molecule has 0 aromatic heterocycles. The lowest BCUT2D eigenvalue weighted by Crippen LogP contribution is -2.45. The number of benzene rings is 2. The van der Waals surface area contributed by atoms with Gasteiger partial charge in [0.2, 0.25) is 0 Å². The van der Waals surface area contributed by atoms with E-state index in [4.69, 9.17) is 11.6 Å². The van der Waals surface area contributed by atoms with E-state index in [2.05, 4.69) is 16.0 Å². The number of phenols is 1. The Morgan fingerprint density at radius 1 is 1.20 bits per heavy atom. The summed E-state index contributed by atoms with van der Waals surface area (Å²) in [5.74, 6) is -0.305. The molecule has 0 bridgehead atoms. The zero-order valence-electron chi connectivity index (χ0n) is 13.3. The van der Waals surface area contributed by atoms with Gasteiger partial charge in [-0.05, 0) is 48.9 Å². The number of hydrogen-bond acceptors (Lipinski definition) is 3. The van der Waals surface area contributed by atoms with Gasteiger partial charge in [-0.15, -0.1) is 0 Å². The van der Waals surface area contributed by atoms with Gasteiger partial charge in [-0.3, -0.25) is 4.79 Å². The van der Waals surface area contributed by atoms with Gasteiger partial charge in [0.1, 0.15) is 5.75 Å². The molecule has 3 rings (SSSR count). The first-order valence-corrected chi connectivity index (χ1v) is 7.96. The summed E-state index contributed by atoms with van der Waals surface area (Å²) in [5, 5.41) is 18.4. The maximum Gasteiger partial charge on any atom is 0.319 e. The molecule has 0 unspecified atom stereocenters. The maximum atomic E-state index is 12.8. The van der Waals surface area contributed by atoms with E-state index >= 15 is 0 Å². The minimum atomic E-state index is -0.673. The van der Waals surface area contributed by atoms with Crippen LogP contribution in [-0.2, 0) is 4.79 Å². The topological polar surface area (TPSA) is 90.5 Å². The zero-order chi connectivity index (χ0) is 18.0. The summed E-state index contributed by atoms with van der Waals surface area (Å²) in [6.07, 6.45) is 0. The van der Waals surface area contributed by atoms with E-state index in [0.717, 1.165) is 0 Å². The Morgan fingerprint density at radius 3 is 2.60 bits per heavy atom. The number of allylic oxidation sites excluding steroid dienone is 1. The molecule has 25 heavy (non-hydrogen) atoms. The second-order valence-corrected chi connectivity index (χ2v) is 6.06. The molecule has 0 aliphatic carbocycles. The van der Waals surface area contributed by atoms with E-state index in [1.165, 1.54) is 12.1 Å². The third kappa shape index (κ3) is 3.75. The lowest BCUT2D eigenvalue weighted by Gasteiger charge is -2.28. The van der Waals surface area contributed by atoms with Crippen LogP contribution < -0.4 is 16.0 Å². The highest BCUT2D eigenvalue weighted by molar-refractivity contribution is 6.30. The van der Waals surface area contributed by atoms with Crippen molar-refractivity contribution in [1.82, 2.24) is 10.6 Å². The lowest BCUT2D eigenvalue weighted by molar-refractivity contribution is -0.113. The molecule has 0 radical (unpaired) electrons. The van der Waals surface area contributed by atoms with E-state index in [1.54, 1.807) is 43.3 Å². The van der Waals surface area contributed by atoms with E-state index in [-0.39, 0.29) is 11.7 Å². The fraction of sp³-hybridized carbons (Fsp3) is 0.111. The van der Waals surface area contributed by atoms with Crippen LogP contribution in [0.1, 0.15) is 18.5 Å². The van der Waals surface area contributed by atoms with Crippen LogP contribution in [0.15, 0.2) is 59.8 Å². The summed E-state index contributed by atoms with van der Waals surface area (Å²) in [4.78, 5) is 24.6. The molecule has 1 aliphatic heterocycles. The fourth-order valence-electron chi connectivity index (χ4n) is 2.68. The van der Waals surface area contributed by atoms with E-state index in [9.17, 15) is 14.7 Å². The van der Waals surface area contributed by atoms with Gasteiger partial charge >= 0.3 is 6.03 Å². The van der Waals surface area contributed by atoms with Crippen molar-refractivity contribution in [3.63, 3.8) is 0 Å². The number of halogens is 1. The van der Waals surface area contributed by atoms with Gasteiger partial charge in [-0.2, -0.15) is 0 Å². The lowest BCUT2D eigenvalue weighted by atomic mass is 9.94. The number of phenolic OH excluding ortho intramolecular Hbond substituents is 1. The van der Waals surface area contributed by atoms with Crippen LogP contribution in [0.3, 0.4) is 0 Å². The molecule has 3 amide bonds. The van der Waals surface area contributed by atoms with Gasteiger partial charge in [-0.25, -0.2) is 4.79 Å². The number of urea groups is 1. The van der Waals surface area contributed by atoms with Crippen LogP contribution >= 0.6 is 11.6 Å². The molecule has 2 aromatic rings. The van der Waals surface area contributed by atoms with Crippen LogP contribution in [0.25, 0.3) is 0 Å². The molecule has 1 atom stereocenters. The number of hydrogen-bond donors (Lipinski definition) is 4. The van der Waals surface area contributed by atoms with Gasteiger partial charge in [0.15, 0.2) is 0 Å². The van der Waals surface area contributed by atoms with Crippen LogP contribution in [0, 0.1) is 0 Å². The predicted molar refractivity (Wildman–Crippen MR) is 95.3 cm³/mol. The average molecular weight is 358 g/mol. The third-order valence-electron chi connectivity index (χ3n) is 3.82. The summed E-state index contributed by atoms with van der Waals surface area (Å²) < 4.78 is 0. The summed E-state index contributed by atoms with van der Waals surface area (Å²) in [7, 11) is 0. The molecule has 7 heteroatoms. The van der Waals surface area contributed by atoms with Crippen molar-refractivity contribution >= 4 is 29.2 Å². The van der Waals surface area contributed by atoms with Gasteiger partial charge in [0.25, 0.3) is 5.91 Å². The summed E-state index contributed by atoms with van der Waals surface area (Å²) >= 11 is 5.85. The first-order chi connectivity index (χ1) is 11.9. The van der Waals surface area contributed by atoms with Crippen molar-refractivity contribution in [1.29, 1.82) is 0 Å². The first-order valence-electron chi connectivity index (χ1n) is 7.58. The Morgan fingerprint density at radius 2 is 1.92 bits per heavy atom. The van der Waals surface area contributed by atoms with E-state index in [0.29, 0.717) is 27.5 Å². The fourth-order valence-corrected chi connectivity index (χ4v) is 2.81. The quantitative estimate of drug-likeness (QED) is 0.679. The van der Waals surface area contributed by atoms with Gasteiger partial charge < -0.3 is 21.1 Å². The Balaban J connectivity index is 1.94. The highest BCUT2D eigenvalue weighted by atomic mass is 35.5. The van der Waals surface area contributed by atoms with E-state index in [1.807, 2.05) is 0 Å². The molecule has 128 valence electrons. The molecule has 2 aromatic carbocycles. The third-order valence-corrected chi connectivity index (χ3v) is 4.07. The summed E-state index contributed by atoms with van der Waals surface area (Å²) in [6, 6.07) is 12.1. The molecule has 0 spiro atoms. The number of rotatable bonds is 3. The van der Waals surface area contributed by atoms with Crippen molar-refractivity contribution in [2.24, 2.45) is 0 Å². The maximum absolute atomic E-state index is 12.8. The van der Waals surface area contributed by atoms with Crippen molar-refractivity contribution in [3.05, 3.63) is 70.4 Å². The Hall–Kier alpha value is -2.99. The number of nitrogens with one attached hydrogen (secondary N) is 3. The predicted octanol–water partition coefficient (Wildman–Crippen LogP) is 3.31. The standard InChI is InChI=1S/C18H16ClN3O3/c1-10-15(17(24)21-13-7-5-12(19)6-8-13)16(22-18(25)20-10)11-3-2-4-14(23)9-11/h2-9,16,23H,1H3,(H,21,24)(H2,20,22,25)/t16-/m1/s1. The second-order valence-electron chi connectivity index (χ2n) is 5.63. The summed E-state index contributed by atoms with van der Waals surface area (Å²) in [6.45, 7) is 1.66. The van der Waals surface area contributed by atoms with Crippen molar-refractivity contribution < 1.29 is 14.7 Å². The smallest absolute Gasteiger partial charge is 0.319 e. The number of aromatic hydroxyl groups is 1. The average Bonchev–Trinajstić information content (AvgIpc) is 2.56. The Labute approximate surface area is 149 Å². The molecular formula is C18H16ClN3O3. The normalized spacial score (nSPS) is 16.9. The number of anilines is 1.